The molecule has 7 nitrogen and oxygen atoms in total. The predicted molar refractivity (Wildman–Crippen MR) is 107 cm³/mol. The van der Waals surface area contributed by atoms with Crippen LogP contribution in [0.15, 0.2) is 53.9 Å². The number of benzene rings is 2. The molecule has 28 heavy (non-hydrogen) atoms. The molecule has 0 unspecified atom stereocenters. The number of thiazole rings is 1. The first-order chi connectivity index (χ1) is 13.7. The summed E-state index contributed by atoms with van der Waals surface area (Å²) >= 11 is 1.56. The third kappa shape index (κ3) is 4.34. The van der Waals surface area contributed by atoms with Crippen LogP contribution in [-0.2, 0) is 13.2 Å². The molecule has 2 aromatic heterocycles. The van der Waals surface area contributed by atoms with Gasteiger partial charge >= 0.3 is 0 Å². The van der Waals surface area contributed by atoms with Crippen LogP contribution in [0.5, 0.6) is 11.5 Å². The van der Waals surface area contributed by atoms with Gasteiger partial charge in [0.2, 0.25) is 5.82 Å². The number of aryl methyl sites for hydroxylation is 1. The smallest absolute Gasteiger partial charge is 0.205 e. The molecule has 0 aliphatic carbocycles. The largest absolute Gasteiger partial charge is 0.497 e. The lowest BCUT2D eigenvalue weighted by Gasteiger charge is -2.03. The molecule has 0 bridgehead atoms. The van der Waals surface area contributed by atoms with Crippen LogP contribution < -0.4 is 9.47 Å². The fraction of sp³-hybridized carbons (Fsp3) is 0.200. The van der Waals surface area contributed by atoms with Crippen LogP contribution in [-0.4, -0.2) is 32.3 Å². The van der Waals surface area contributed by atoms with Gasteiger partial charge in [-0.3, -0.25) is 0 Å². The Morgan fingerprint density at radius 1 is 1.07 bits per heavy atom. The minimum absolute atomic E-state index is 0.438. The lowest BCUT2D eigenvalue weighted by atomic mass is 10.2. The van der Waals surface area contributed by atoms with E-state index in [9.17, 15) is 0 Å². The van der Waals surface area contributed by atoms with Crippen molar-refractivity contribution in [3.05, 3.63) is 70.2 Å². The van der Waals surface area contributed by atoms with E-state index in [0.717, 1.165) is 27.8 Å². The maximum Gasteiger partial charge on any atom is 0.205 e. The van der Waals surface area contributed by atoms with Gasteiger partial charge in [-0.2, -0.15) is 4.80 Å². The second-order valence-electron chi connectivity index (χ2n) is 6.21. The summed E-state index contributed by atoms with van der Waals surface area (Å²) in [6, 6.07) is 15.6. The SMILES string of the molecule is COc1cccc(-c2nnn(Cc3csc(COc4ccc(C)cc4)n3)n2)c1. The number of hydrogen-bond acceptors (Lipinski definition) is 7. The zero-order chi connectivity index (χ0) is 19.3. The maximum absolute atomic E-state index is 5.78. The summed E-state index contributed by atoms with van der Waals surface area (Å²) in [5.41, 5.74) is 2.94. The lowest BCUT2D eigenvalue weighted by molar-refractivity contribution is 0.305. The van der Waals surface area contributed by atoms with Crippen molar-refractivity contribution in [3.8, 4) is 22.9 Å². The van der Waals surface area contributed by atoms with E-state index in [1.807, 2.05) is 53.9 Å². The second-order valence-corrected chi connectivity index (χ2v) is 7.15. The van der Waals surface area contributed by atoms with E-state index in [-0.39, 0.29) is 0 Å². The molecule has 4 rings (SSSR count). The van der Waals surface area contributed by atoms with Crippen LogP contribution in [0.25, 0.3) is 11.4 Å². The van der Waals surface area contributed by atoms with Crippen LogP contribution >= 0.6 is 11.3 Å². The van der Waals surface area contributed by atoms with E-state index < -0.39 is 0 Å². The van der Waals surface area contributed by atoms with Gasteiger partial charge in [0, 0.05) is 10.9 Å². The first kappa shape index (κ1) is 18.1. The summed E-state index contributed by atoms with van der Waals surface area (Å²) in [6.45, 7) is 2.94. The normalized spacial score (nSPS) is 10.8. The molecular weight excluding hydrogens is 374 g/mol. The topological polar surface area (TPSA) is 75.0 Å². The summed E-state index contributed by atoms with van der Waals surface area (Å²) < 4.78 is 11.0. The van der Waals surface area contributed by atoms with Crippen LogP contribution in [0, 0.1) is 6.92 Å². The highest BCUT2D eigenvalue weighted by Crippen LogP contribution is 2.20. The summed E-state index contributed by atoms with van der Waals surface area (Å²) in [5, 5.41) is 15.6. The average molecular weight is 393 g/mol. The summed E-state index contributed by atoms with van der Waals surface area (Å²) in [6.07, 6.45) is 0. The van der Waals surface area contributed by atoms with Gasteiger partial charge in [-0.25, -0.2) is 4.98 Å². The zero-order valence-electron chi connectivity index (χ0n) is 15.6. The minimum Gasteiger partial charge on any atom is -0.497 e. The molecule has 4 aromatic rings. The molecule has 8 heteroatoms. The molecule has 0 atom stereocenters. The van der Waals surface area contributed by atoms with Gasteiger partial charge in [0.1, 0.15) is 29.7 Å². The van der Waals surface area contributed by atoms with Gasteiger partial charge in [0.25, 0.3) is 0 Å². The molecule has 0 spiro atoms. The predicted octanol–water partition coefficient (Wildman–Crippen LogP) is 3.74. The Kier molecular flexibility index (Phi) is 5.29. The Labute approximate surface area is 166 Å². The molecule has 0 N–H and O–H groups in total. The molecule has 2 heterocycles. The number of rotatable bonds is 7. The molecule has 0 saturated carbocycles. The quantitative estimate of drug-likeness (QED) is 0.476. The van der Waals surface area contributed by atoms with Gasteiger partial charge in [0.15, 0.2) is 0 Å². The van der Waals surface area contributed by atoms with E-state index in [1.54, 1.807) is 18.4 Å². The highest BCUT2D eigenvalue weighted by Gasteiger charge is 2.09. The van der Waals surface area contributed by atoms with E-state index in [1.165, 1.54) is 10.4 Å². The molecule has 0 saturated heterocycles. The summed E-state index contributed by atoms with van der Waals surface area (Å²) in [7, 11) is 1.63. The van der Waals surface area contributed by atoms with Crippen LogP contribution in [0.2, 0.25) is 0 Å². The van der Waals surface area contributed by atoms with Gasteiger partial charge in [-0.15, -0.1) is 21.5 Å². The number of methoxy groups -OCH3 is 1. The van der Waals surface area contributed by atoms with Crippen LogP contribution in [0.1, 0.15) is 16.3 Å². The van der Waals surface area contributed by atoms with Crippen molar-refractivity contribution in [1.29, 1.82) is 0 Å². The molecule has 0 aliphatic rings. The van der Waals surface area contributed by atoms with Crippen molar-refractivity contribution in [2.45, 2.75) is 20.1 Å². The highest BCUT2D eigenvalue weighted by molar-refractivity contribution is 7.09. The van der Waals surface area contributed by atoms with Gasteiger partial charge in [-0.05, 0) is 36.4 Å². The maximum atomic E-state index is 5.78. The Hall–Kier alpha value is -3.26. The first-order valence-corrected chi connectivity index (χ1v) is 9.62. The van der Waals surface area contributed by atoms with E-state index in [0.29, 0.717) is 19.0 Å². The second kappa shape index (κ2) is 8.18. The van der Waals surface area contributed by atoms with Crippen molar-refractivity contribution in [2.24, 2.45) is 0 Å². The number of aromatic nitrogens is 5. The number of tetrazole rings is 1. The first-order valence-electron chi connectivity index (χ1n) is 8.74. The van der Waals surface area contributed by atoms with Crippen molar-refractivity contribution in [1.82, 2.24) is 25.2 Å². The van der Waals surface area contributed by atoms with Gasteiger partial charge < -0.3 is 9.47 Å². The average Bonchev–Trinajstić information content (AvgIpc) is 3.37. The van der Waals surface area contributed by atoms with Gasteiger partial charge in [-0.1, -0.05) is 29.8 Å². The molecule has 0 amide bonds. The van der Waals surface area contributed by atoms with Crippen LogP contribution in [0.3, 0.4) is 0 Å². The van der Waals surface area contributed by atoms with E-state index in [4.69, 9.17) is 9.47 Å². The fourth-order valence-corrected chi connectivity index (χ4v) is 3.30. The molecule has 0 radical (unpaired) electrons. The summed E-state index contributed by atoms with van der Waals surface area (Å²) in [4.78, 5) is 6.13. The highest BCUT2D eigenvalue weighted by atomic mass is 32.1. The number of ether oxygens (including phenoxy) is 2. The third-order valence-corrected chi connectivity index (χ3v) is 4.94. The fourth-order valence-electron chi connectivity index (χ4n) is 2.60. The van der Waals surface area contributed by atoms with Crippen LogP contribution in [0.4, 0.5) is 0 Å². The van der Waals surface area contributed by atoms with Gasteiger partial charge in [0.05, 0.1) is 12.8 Å². The molecule has 0 aliphatic heterocycles. The minimum atomic E-state index is 0.438. The van der Waals surface area contributed by atoms with E-state index >= 15 is 0 Å². The third-order valence-electron chi connectivity index (χ3n) is 4.07. The Morgan fingerprint density at radius 3 is 2.75 bits per heavy atom. The summed E-state index contributed by atoms with van der Waals surface area (Å²) in [5.74, 6) is 2.15. The van der Waals surface area contributed by atoms with Crippen molar-refractivity contribution in [3.63, 3.8) is 0 Å². The number of nitrogens with zero attached hydrogens (tertiary/aromatic N) is 5. The van der Waals surface area contributed by atoms with Crippen molar-refractivity contribution >= 4 is 11.3 Å². The van der Waals surface area contributed by atoms with Crippen molar-refractivity contribution in [2.75, 3.05) is 7.11 Å². The molecule has 0 fully saturated rings. The molecular formula is C20H19N5O2S. The van der Waals surface area contributed by atoms with Crippen molar-refractivity contribution < 1.29 is 9.47 Å². The lowest BCUT2D eigenvalue weighted by Crippen LogP contribution is -2.05. The number of hydrogen-bond donors (Lipinski definition) is 0. The molecule has 2 aromatic carbocycles. The Bertz CT molecular complexity index is 1060. The monoisotopic (exact) mass is 393 g/mol. The standard InChI is InChI=1S/C20H19N5O2S/c1-14-6-8-17(9-7-14)27-12-19-21-16(13-28-19)11-25-23-20(22-24-25)15-4-3-5-18(10-15)26-2/h3-10,13H,11-12H2,1-2H3. The molecule has 142 valence electrons. The zero-order valence-corrected chi connectivity index (χ0v) is 16.4. The van der Waals surface area contributed by atoms with E-state index in [2.05, 4.69) is 27.3 Å². The Morgan fingerprint density at radius 2 is 1.93 bits per heavy atom. The Balaban J connectivity index is 1.38.